The molecular weight excluding hydrogens is 243 g/mol. The van der Waals surface area contributed by atoms with E-state index in [0.717, 1.165) is 6.42 Å². The first-order valence-electron chi connectivity index (χ1n) is 5.38. The van der Waals surface area contributed by atoms with Crippen LogP contribution in [0.1, 0.15) is 19.3 Å². The molecule has 6 heteroatoms. The summed E-state index contributed by atoms with van der Waals surface area (Å²) in [6.45, 7) is 0. The highest BCUT2D eigenvalue weighted by atomic mass is 31.2. The van der Waals surface area contributed by atoms with Gasteiger partial charge in [0.25, 0.3) is 0 Å². The third-order valence-electron chi connectivity index (χ3n) is 3.44. The van der Waals surface area contributed by atoms with Crippen molar-refractivity contribution in [1.82, 2.24) is 0 Å². The van der Waals surface area contributed by atoms with Gasteiger partial charge in [0, 0.05) is 14.2 Å². The molecule has 94 valence electrons. The number of Topliss-reactive ketones (excluding diaryl/α,β-unsaturated/α-hetero) is 1. The van der Waals surface area contributed by atoms with Crippen molar-refractivity contribution in [2.45, 2.75) is 19.3 Å². The molecular formula is C11H15O5P. The van der Waals surface area contributed by atoms with Gasteiger partial charge in [-0.2, -0.15) is 0 Å². The SMILES string of the molecule is COP(=O)(OC)C1=CC2(CCC2)C(=O)C(O)=C1. The summed E-state index contributed by atoms with van der Waals surface area (Å²) in [4.78, 5) is 11.8. The molecule has 17 heavy (non-hydrogen) atoms. The molecule has 0 aromatic rings. The van der Waals surface area contributed by atoms with Gasteiger partial charge < -0.3 is 14.2 Å². The number of rotatable bonds is 3. The number of aliphatic hydroxyl groups is 1. The Morgan fingerprint density at radius 1 is 1.35 bits per heavy atom. The van der Waals surface area contributed by atoms with E-state index < -0.39 is 13.0 Å². The monoisotopic (exact) mass is 258 g/mol. The fourth-order valence-electron chi connectivity index (χ4n) is 2.22. The summed E-state index contributed by atoms with van der Waals surface area (Å²) in [5, 5.41) is 9.90. The Bertz CT molecular complexity index is 450. The average molecular weight is 258 g/mol. The predicted octanol–water partition coefficient (Wildman–Crippen LogP) is 2.55. The largest absolute Gasteiger partial charge is 0.504 e. The second-order valence-corrected chi connectivity index (χ2v) is 6.54. The summed E-state index contributed by atoms with van der Waals surface area (Å²) in [7, 11) is -0.852. The van der Waals surface area contributed by atoms with E-state index in [1.54, 1.807) is 6.08 Å². The Labute approximate surface area is 99.6 Å². The highest BCUT2D eigenvalue weighted by molar-refractivity contribution is 7.58. The van der Waals surface area contributed by atoms with E-state index in [2.05, 4.69) is 0 Å². The lowest BCUT2D eigenvalue weighted by Gasteiger charge is -2.40. The van der Waals surface area contributed by atoms with Crippen LogP contribution in [-0.2, 0) is 18.4 Å². The van der Waals surface area contributed by atoms with Crippen molar-refractivity contribution in [3.05, 3.63) is 23.2 Å². The van der Waals surface area contributed by atoms with Crippen LogP contribution in [0, 0.1) is 5.41 Å². The number of aliphatic hydroxyl groups excluding tert-OH is 1. The zero-order valence-corrected chi connectivity index (χ0v) is 10.7. The minimum absolute atomic E-state index is 0.263. The molecule has 0 amide bonds. The minimum atomic E-state index is -3.41. The summed E-state index contributed by atoms with van der Waals surface area (Å²) >= 11 is 0. The van der Waals surface area contributed by atoms with E-state index in [4.69, 9.17) is 9.05 Å². The van der Waals surface area contributed by atoms with E-state index in [-0.39, 0.29) is 16.9 Å². The number of hydrogen-bond acceptors (Lipinski definition) is 5. The van der Waals surface area contributed by atoms with E-state index in [9.17, 15) is 14.5 Å². The summed E-state index contributed by atoms with van der Waals surface area (Å²) in [5.74, 6) is -0.664. The van der Waals surface area contributed by atoms with Gasteiger partial charge >= 0.3 is 7.60 Å². The van der Waals surface area contributed by atoms with E-state index in [1.165, 1.54) is 20.3 Å². The fourth-order valence-corrected chi connectivity index (χ4v) is 3.48. The van der Waals surface area contributed by atoms with Crippen molar-refractivity contribution in [2.24, 2.45) is 5.41 Å². The first kappa shape index (κ1) is 12.6. The summed E-state index contributed by atoms with van der Waals surface area (Å²) in [6, 6.07) is 0. The molecule has 0 unspecified atom stereocenters. The van der Waals surface area contributed by atoms with Gasteiger partial charge in [-0.1, -0.05) is 12.5 Å². The second kappa shape index (κ2) is 4.09. The maximum atomic E-state index is 12.2. The van der Waals surface area contributed by atoms with Gasteiger partial charge in [-0.05, 0) is 18.9 Å². The normalized spacial score (nSPS) is 23.1. The molecule has 2 aliphatic carbocycles. The lowest BCUT2D eigenvalue weighted by Crippen LogP contribution is -2.39. The molecule has 0 atom stereocenters. The standard InChI is InChI=1S/C11H15O5P/c1-15-17(14,16-2)8-6-9(12)10(13)11(7-8)4-3-5-11/h6-7,12H,3-5H2,1-2H3. The zero-order chi connectivity index (χ0) is 12.7. The molecule has 0 bridgehead atoms. The molecule has 0 radical (unpaired) electrons. The maximum absolute atomic E-state index is 12.2. The highest BCUT2D eigenvalue weighted by Gasteiger charge is 2.48. The minimum Gasteiger partial charge on any atom is -0.504 e. The second-order valence-electron chi connectivity index (χ2n) is 4.30. The third-order valence-corrected chi connectivity index (χ3v) is 5.29. The Kier molecular flexibility index (Phi) is 3.02. The molecule has 1 spiro atoms. The van der Waals surface area contributed by atoms with E-state index in [1.807, 2.05) is 0 Å². The van der Waals surface area contributed by atoms with Gasteiger partial charge in [-0.25, -0.2) is 0 Å². The molecule has 1 saturated carbocycles. The van der Waals surface area contributed by atoms with E-state index >= 15 is 0 Å². The van der Waals surface area contributed by atoms with E-state index in [0.29, 0.717) is 12.8 Å². The van der Waals surface area contributed by atoms with Crippen molar-refractivity contribution in [1.29, 1.82) is 0 Å². The molecule has 0 heterocycles. The quantitative estimate of drug-likeness (QED) is 0.787. The fraction of sp³-hybridized carbons (Fsp3) is 0.545. The van der Waals surface area contributed by atoms with Crippen LogP contribution in [0.4, 0.5) is 0 Å². The van der Waals surface area contributed by atoms with Gasteiger partial charge in [-0.15, -0.1) is 0 Å². The van der Waals surface area contributed by atoms with Crippen LogP contribution < -0.4 is 0 Å². The number of hydrogen-bond donors (Lipinski definition) is 1. The maximum Gasteiger partial charge on any atom is 0.360 e. The van der Waals surface area contributed by atoms with Gasteiger partial charge in [0.1, 0.15) is 0 Å². The molecule has 0 aliphatic heterocycles. The van der Waals surface area contributed by atoms with Crippen molar-refractivity contribution < 1.29 is 23.5 Å². The van der Waals surface area contributed by atoms with Crippen molar-refractivity contribution in [2.75, 3.05) is 14.2 Å². The molecule has 1 N–H and O–H groups in total. The molecule has 0 saturated heterocycles. The van der Waals surface area contributed by atoms with Crippen LogP contribution in [0.5, 0.6) is 0 Å². The number of ketones is 1. The topological polar surface area (TPSA) is 72.8 Å². The van der Waals surface area contributed by atoms with Gasteiger partial charge in [0.2, 0.25) is 5.78 Å². The van der Waals surface area contributed by atoms with Crippen molar-refractivity contribution >= 4 is 13.4 Å². The predicted molar refractivity (Wildman–Crippen MR) is 61.7 cm³/mol. The molecule has 2 rings (SSSR count). The lowest BCUT2D eigenvalue weighted by molar-refractivity contribution is -0.128. The summed E-state index contributed by atoms with van der Waals surface area (Å²) < 4.78 is 21.9. The summed E-state index contributed by atoms with van der Waals surface area (Å²) in [5.41, 5.74) is -0.694. The van der Waals surface area contributed by atoms with Crippen LogP contribution in [-0.4, -0.2) is 25.1 Å². The number of allylic oxidation sites excluding steroid dienone is 4. The van der Waals surface area contributed by atoms with Crippen molar-refractivity contribution in [3.8, 4) is 0 Å². The third kappa shape index (κ3) is 1.79. The number of carbonyl (C=O) groups excluding carboxylic acids is 1. The van der Waals surface area contributed by atoms with Gasteiger partial charge in [-0.3, -0.25) is 9.36 Å². The molecule has 5 nitrogen and oxygen atoms in total. The van der Waals surface area contributed by atoms with Gasteiger partial charge in [0.05, 0.1) is 10.7 Å². The summed E-state index contributed by atoms with van der Waals surface area (Å²) in [6.07, 6.45) is 5.07. The first-order chi connectivity index (χ1) is 7.97. The lowest BCUT2D eigenvalue weighted by atomic mass is 9.64. The Balaban J connectivity index is 2.45. The molecule has 0 aromatic carbocycles. The Morgan fingerprint density at radius 2 is 1.94 bits per heavy atom. The van der Waals surface area contributed by atoms with Crippen LogP contribution in [0.3, 0.4) is 0 Å². The van der Waals surface area contributed by atoms with Crippen LogP contribution >= 0.6 is 7.60 Å². The first-order valence-corrected chi connectivity index (χ1v) is 6.92. The van der Waals surface area contributed by atoms with Crippen molar-refractivity contribution in [3.63, 3.8) is 0 Å². The van der Waals surface area contributed by atoms with Crippen LogP contribution in [0.25, 0.3) is 0 Å². The number of carbonyl (C=O) groups is 1. The smallest absolute Gasteiger partial charge is 0.360 e. The zero-order valence-electron chi connectivity index (χ0n) is 9.80. The van der Waals surface area contributed by atoms with Crippen LogP contribution in [0.15, 0.2) is 23.2 Å². The Hall–Kier alpha value is -0.900. The Morgan fingerprint density at radius 3 is 2.35 bits per heavy atom. The highest BCUT2D eigenvalue weighted by Crippen LogP contribution is 2.60. The van der Waals surface area contributed by atoms with Crippen LogP contribution in [0.2, 0.25) is 0 Å². The average Bonchev–Trinajstić information content (AvgIpc) is 2.29. The molecule has 0 aromatic heterocycles. The van der Waals surface area contributed by atoms with Gasteiger partial charge in [0.15, 0.2) is 5.76 Å². The molecule has 1 fully saturated rings. The molecule has 2 aliphatic rings.